The molecule has 0 radical (unpaired) electrons. The standard InChI is InChI=1S/C13H7BrO3/c14-9-5-8-12(6-10(9)15)17-11-4-2-1-3-7(11)13(8)16/h1-6,15H. The van der Waals surface area contributed by atoms with Crippen molar-refractivity contribution in [1.29, 1.82) is 0 Å². The lowest BCUT2D eigenvalue weighted by Gasteiger charge is -2.02. The van der Waals surface area contributed by atoms with Gasteiger partial charge >= 0.3 is 0 Å². The Balaban J connectivity index is 2.60. The molecule has 84 valence electrons. The molecule has 4 heteroatoms. The molecule has 1 aromatic heterocycles. The van der Waals surface area contributed by atoms with Gasteiger partial charge in [-0.25, -0.2) is 0 Å². The van der Waals surface area contributed by atoms with Crippen LogP contribution in [0.15, 0.2) is 50.1 Å². The van der Waals surface area contributed by atoms with Crippen LogP contribution in [-0.4, -0.2) is 5.11 Å². The Labute approximate surface area is 104 Å². The number of rotatable bonds is 0. The number of aromatic hydroxyl groups is 1. The average Bonchev–Trinajstić information content (AvgIpc) is 2.32. The van der Waals surface area contributed by atoms with Gasteiger partial charge in [-0.2, -0.15) is 0 Å². The zero-order valence-corrected chi connectivity index (χ0v) is 10.2. The van der Waals surface area contributed by atoms with Gasteiger partial charge in [0.15, 0.2) is 0 Å². The minimum Gasteiger partial charge on any atom is -0.507 e. The Kier molecular flexibility index (Phi) is 2.19. The molecule has 0 saturated heterocycles. The van der Waals surface area contributed by atoms with Crippen LogP contribution in [0.25, 0.3) is 21.9 Å². The first kappa shape index (κ1) is 10.4. The molecule has 3 nitrogen and oxygen atoms in total. The first-order chi connectivity index (χ1) is 8.16. The number of hydrogen-bond donors (Lipinski definition) is 1. The lowest BCUT2D eigenvalue weighted by molar-refractivity contribution is 0.471. The van der Waals surface area contributed by atoms with Crippen LogP contribution in [0.3, 0.4) is 0 Å². The summed E-state index contributed by atoms with van der Waals surface area (Å²) in [6, 6.07) is 10.1. The highest BCUT2D eigenvalue weighted by Crippen LogP contribution is 2.29. The second-order valence-electron chi connectivity index (χ2n) is 3.73. The van der Waals surface area contributed by atoms with Crippen LogP contribution in [0.4, 0.5) is 0 Å². The fourth-order valence-electron chi connectivity index (χ4n) is 1.81. The monoisotopic (exact) mass is 290 g/mol. The number of para-hydroxylation sites is 1. The van der Waals surface area contributed by atoms with Gasteiger partial charge in [-0.3, -0.25) is 4.79 Å². The van der Waals surface area contributed by atoms with Gasteiger partial charge in [-0.1, -0.05) is 12.1 Å². The molecule has 1 heterocycles. The van der Waals surface area contributed by atoms with E-state index in [9.17, 15) is 9.90 Å². The summed E-state index contributed by atoms with van der Waals surface area (Å²) in [5, 5.41) is 10.6. The minimum absolute atomic E-state index is 0.0518. The zero-order chi connectivity index (χ0) is 12.0. The second kappa shape index (κ2) is 3.60. The summed E-state index contributed by atoms with van der Waals surface area (Å²) < 4.78 is 6.06. The van der Waals surface area contributed by atoms with E-state index in [1.807, 2.05) is 0 Å². The van der Waals surface area contributed by atoms with E-state index >= 15 is 0 Å². The van der Waals surface area contributed by atoms with E-state index in [-0.39, 0.29) is 11.2 Å². The molecule has 3 rings (SSSR count). The van der Waals surface area contributed by atoms with E-state index in [1.54, 1.807) is 30.3 Å². The van der Waals surface area contributed by atoms with Crippen LogP contribution < -0.4 is 5.43 Å². The summed E-state index contributed by atoms with van der Waals surface area (Å²) in [5.74, 6) is 0.0518. The fraction of sp³-hybridized carbons (Fsp3) is 0. The van der Waals surface area contributed by atoms with Gasteiger partial charge in [-0.05, 0) is 34.1 Å². The predicted molar refractivity (Wildman–Crippen MR) is 69.4 cm³/mol. The van der Waals surface area contributed by atoms with Crippen molar-refractivity contribution in [2.24, 2.45) is 0 Å². The molecular formula is C13H7BrO3. The number of benzene rings is 2. The molecule has 0 spiro atoms. The second-order valence-corrected chi connectivity index (χ2v) is 4.58. The zero-order valence-electron chi connectivity index (χ0n) is 8.61. The molecule has 2 aromatic carbocycles. The maximum Gasteiger partial charge on any atom is 0.200 e. The van der Waals surface area contributed by atoms with Crippen molar-refractivity contribution < 1.29 is 9.52 Å². The third-order valence-electron chi connectivity index (χ3n) is 2.65. The fourth-order valence-corrected chi connectivity index (χ4v) is 2.15. The van der Waals surface area contributed by atoms with Gasteiger partial charge in [0.05, 0.1) is 15.2 Å². The number of phenolic OH excluding ortho intramolecular Hbond substituents is 1. The predicted octanol–water partition coefficient (Wildman–Crippen LogP) is 3.41. The molecule has 0 aliphatic carbocycles. The lowest BCUT2D eigenvalue weighted by Crippen LogP contribution is -2.01. The van der Waals surface area contributed by atoms with E-state index in [2.05, 4.69) is 15.9 Å². The first-order valence-corrected chi connectivity index (χ1v) is 5.80. The van der Waals surface area contributed by atoms with Crippen LogP contribution in [0, 0.1) is 0 Å². The molecule has 3 aromatic rings. The SMILES string of the molecule is O=c1c2ccccc2oc2cc(O)c(Br)cc12. The molecule has 0 unspecified atom stereocenters. The summed E-state index contributed by atoms with van der Waals surface area (Å²) in [7, 11) is 0. The smallest absolute Gasteiger partial charge is 0.200 e. The van der Waals surface area contributed by atoms with Gasteiger partial charge < -0.3 is 9.52 Å². The minimum atomic E-state index is -0.0949. The van der Waals surface area contributed by atoms with Gasteiger partial charge in [0, 0.05) is 6.07 Å². The van der Waals surface area contributed by atoms with Crippen molar-refractivity contribution in [3.8, 4) is 5.75 Å². The number of hydrogen-bond acceptors (Lipinski definition) is 3. The molecule has 0 aliphatic heterocycles. The van der Waals surface area contributed by atoms with Crippen molar-refractivity contribution in [1.82, 2.24) is 0 Å². The summed E-state index contributed by atoms with van der Waals surface area (Å²) in [4.78, 5) is 12.2. The van der Waals surface area contributed by atoms with E-state index < -0.39 is 0 Å². The van der Waals surface area contributed by atoms with Crippen molar-refractivity contribution in [3.63, 3.8) is 0 Å². The van der Waals surface area contributed by atoms with Crippen molar-refractivity contribution >= 4 is 37.9 Å². The van der Waals surface area contributed by atoms with E-state index in [0.717, 1.165) is 0 Å². The Morgan fingerprint density at radius 1 is 1.06 bits per heavy atom. The molecule has 0 fully saturated rings. The number of phenols is 1. The summed E-state index contributed by atoms with van der Waals surface area (Å²) in [6.07, 6.45) is 0. The van der Waals surface area contributed by atoms with E-state index in [1.165, 1.54) is 6.07 Å². The topological polar surface area (TPSA) is 50.4 Å². The number of halogens is 1. The maximum absolute atomic E-state index is 12.2. The molecule has 0 bridgehead atoms. The quantitative estimate of drug-likeness (QED) is 0.646. The average molecular weight is 291 g/mol. The third kappa shape index (κ3) is 1.52. The van der Waals surface area contributed by atoms with Crippen molar-refractivity contribution in [2.75, 3.05) is 0 Å². The Hall–Kier alpha value is -1.81. The van der Waals surface area contributed by atoms with Crippen LogP contribution >= 0.6 is 15.9 Å². The number of fused-ring (bicyclic) bond motifs is 2. The van der Waals surface area contributed by atoms with E-state index in [0.29, 0.717) is 26.4 Å². The molecule has 1 N–H and O–H groups in total. The summed E-state index contributed by atoms with van der Waals surface area (Å²) in [6.45, 7) is 0. The third-order valence-corrected chi connectivity index (χ3v) is 3.28. The van der Waals surface area contributed by atoms with E-state index in [4.69, 9.17) is 4.42 Å². The molecule has 0 aliphatic rings. The van der Waals surface area contributed by atoms with Crippen molar-refractivity contribution in [2.45, 2.75) is 0 Å². The molecule has 0 atom stereocenters. The first-order valence-electron chi connectivity index (χ1n) is 5.01. The lowest BCUT2D eigenvalue weighted by atomic mass is 10.1. The summed E-state index contributed by atoms with van der Waals surface area (Å²) >= 11 is 3.18. The molecular weight excluding hydrogens is 284 g/mol. The van der Waals surface area contributed by atoms with Gasteiger partial charge in [0.2, 0.25) is 5.43 Å². The summed E-state index contributed by atoms with van der Waals surface area (Å²) in [5.41, 5.74) is 0.809. The highest BCUT2D eigenvalue weighted by atomic mass is 79.9. The molecule has 0 amide bonds. The van der Waals surface area contributed by atoms with Gasteiger partial charge in [0.25, 0.3) is 0 Å². The van der Waals surface area contributed by atoms with Crippen LogP contribution in [0.1, 0.15) is 0 Å². The van der Waals surface area contributed by atoms with Gasteiger partial charge in [-0.15, -0.1) is 0 Å². The Morgan fingerprint density at radius 3 is 2.65 bits per heavy atom. The Bertz CT molecular complexity index is 790. The molecule has 17 heavy (non-hydrogen) atoms. The van der Waals surface area contributed by atoms with Gasteiger partial charge in [0.1, 0.15) is 16.9 Å². The normalized spacial score (nSPS) is 11.1. The van der Waals surface area contributed by atoms with Crippen molar-refractivity contribution in [3.05, 3.63) is 51.1 Å². The largest absolute Gasteiger partial charge is 0.507 e. The maximum atomic E-state index is 12.2. The van der Waals surface area contributed by atoms with Crippen LogP contribution in [-0.2, 0) is 0 Å². The van der Waals surface area contributed by atoms with Crippen LogP contribution in [0.2, 0.25) is 0 Å². The van der Waals surface area contributed by atoms with Crippen LogP contribution in [0.5, 0.6) is 5.75 Å². The highest BCUT2D eigenvalue weighted by molar-refractivity contribution is 9.10. The Morgan fingerprint density at radius 2 is 1.82 bits per heavy atom. The molecule has 0 saturated carbocycles. The highest BCUT2D eigenvalue weighted by Gasteiger charge is 2.09.